The molecule has 0 aliphatic carbocycles. The number of rotatable bonds is 2. The maximum atomic E-state index is 12.3. The molecule has 0 saturated carbocycles. The first-order valence-electron chi connectivity index (χ1n) is 8.32. The van der Waals surface area contributed by atoms with Crippen molar-refractivity contribution in [1.29, 1.82) is 0 Å². The van der Waals surface area contributed by atoms with Crippen LogP contribution in [-0.2, 0) is 14.4 Å². The Morgan fingerprint density at radius 2 is 1.82 bits per heavy atom. The van der Waals surface area contributed by atoms with Crippen molar-refractivity contribution in [2.45, 2.75) is 25.1 Å². The Morgan fingerprint density at radius 3 is 2.25 bits per heavy atom. The van der Waals surface area contributed by atoms with Crippen LogP contribution in [0.3, 0.4) is 0 Å². The number of piperazine rings is 1. The zero-order valence-electron chi connectivity index (χ0n) is 14.6. The molecule has 0 unspecified atom stereocenters. The molecule has 2 aliphatic rings. The zero-order valence-corrected chi connectivity index (χ0v) is 15.3. The predicted molar refractivity (Wildman–Crippen MR) is 92.9 cm³/mol. The van der Waals surface area contributed by atoms with E-state index in [0.29, 0.717) is 31.0 Å². The largest absolute Gasteiger partial charge is 0.490 e. The molecule has 3 rings (SSSR count). The molecule has 2 N–H and O–H groups in total. The van der Waals surface area contributed by atoms with Gasteiger partial charge in [0.2, 0.25) is 11.8 Å². The Morgan fingerprint density at radius 1 is 1.21 bits per heavy atom. The fourth-order valence-electron chi connectivity index (χ4n) is 2.73. The molecule has 1 atom stereocenters. The van der Waals surface area contributed by atoms with Crippen LogP contribution in [-0.4, -0.2) is 71.2 Å². The summed E-state index contributed by atoms with van der Waals surface area (Å²) >= 11 is 5.83. The van der Waals surface area contributed by atoms with Crippen LogP contribution in [0.2, 0.25) is 5.02 Å². The lowest BCUT2D eigenvalue weighted by Crippen LogP contribution is -2.53. The quantitative estimate of drug-likeness (QED) is 0.744. The number of nitrogens with one attached hydrogen (secondary N) is 1. The molecule has 0 bridgehead atoms. The van der Waals surface area contributed by atoms with E-state index in [1.807, 2.05) is 17.0 Å². The molecular weight excluding hydrogens is 405 g/mol. The van der Waals surface area contributed by atoms with E-state index in [1.54, 1.807) is 6.20 Å². The maximum Gasteiger partial charge on any atom is 0.490 e. The number of amides is 2. The lowest BCUT2D eigenvalue weighted by atomic mass is 10.2. The summed E-state index contributed by atoms with van der Waals surface area (Å²) in [5.74, 6) is -1.88. The molecule has 0 spiro atoms. The summed E-state index contributed by atoms with van der Waals surface area (Å²) in [6.45, 7) is 2.77. The van der Waals surface area contributed by atoms with Gasteiger partial charge in [-0.25, -0.2) is 9.78 Å². The van der Waals surface area contributed by atoms with Gasteiger partial charge in [-0.1, -0.05) is 11.6 Å². The van der Waals surface area contributed by atoms with Crippen LogP contribution in [0.1, 0.15) is 12.8 Å². The summed E-state index contributed by atoms with van der Waals surface area (Å²) in [5.41, 5.74) is 0. The molecule has 28 heavy (non-hydrogen) atoms. The number of halogens is 4. The van der Waals surface area contributed by atoms with Gasteiger partial charge < -0.3 is 20.2 Å². The molecule has 1 aromatic rings. The highest BCUT2D eigenvalue weighted by Crippen LogP contribution is 2.17. The molecule has 154 valence electrons. The van der Waals surface area contributed by atoms with E-state index in [-0.39, 0.29) is 17.9 Å². The first kappa shape index (κ1) is 21.7. The monoisotopic (exact) mass is 422 g/mol. The van der Waals surface area contributed by atoms with Gasteiger partial charge >= 0.3 is 12.1 Å². The number of nitrogens with zero attached hydrogens (tertiary/aromatic N) is 3. The number of aromatic nitrogens is 1. The van der Waals surface area contributed by atoms with Crippen molar-refractivity contribution in [3.8, 4) is 0 Å². The van der Waals surface area contributed by atoms with Gasteiger partial charge in [0, 0.05) is 38.8 Å². The molecule has 2 aliphatic heterocycles. The van der Waals surface area contributed by atoms with Gasteiger partial charge in [0.15, 0.2) is 0 Å². The number of hydrogen-bond acceptors (Lipinski definition) is 5. The second-order valence-corrected chi connectivity index (χ2v) is 6.55. The van der Waals surface area contributed by atoms with E-state index in [9.17, 15) is 22.8 Å². The Labute approximate surface area is 163 Å². The van der Waals surface area contributed by atoms with E-state index in [1.165, 1.54) is 0 Å². The second-order valence-electron chi connectivity index (χ2n) is 6.11. The SMILES string of the molecule is O=C(O)C(F)(F)F.O=C1CC[C@H](C(=O)N2CCN(c3ccc(Cl)cn3)CC2)N1. The van der Waals surface area contributed by atoms with Gasteiger partial charge in [0.1, 0.15) is 11.9 Å². The van der Waals surface area contributed by atoms with Gasteiger partial charge in [-0.05, 0) is 18.6 Å². The van der Waals surface area contributed by atoms with Crippen LogP contribution >= 0.6 is 11.6 Å². The lowest BCUT2D eigenvalue weighted by Gasteiger charge is -2.36. The summed E-state index contributed by atoms with van der Waals surface area (Å²) in [7, 11) is 0. The standard InChI is InChI=1S/C14H17ClN4O2.C2HF3O2/c15-10-1-3-12(16-9-10)18-5-7-19(8-6-18)14(21)11-2-4-13(20)17-11;3-2(4,5)1(6)7/h1,3,9,11H,2,4-8H2,(H,17,20);(H,6,7)/t11-;/m1./s1. The molecule has 3 heterocycles. The van der Waals surface area contributed by atoms with Crippen LogP contribution in [0.25, 0.3) is 0 Å². The van der Waals surface area contributed by atoms with E-state index >= 15 is 0 Å². The third-order valence-electron chi connectivity index (χ3n) is 4.16. The third-order valence-corrected chi connectivity index (χ3v) is 4.39. The molecule has 12 heteroatoms. The van der Waals surface area contributed by atoms with Crippen LogP contribution in [0.4, 0.5) is 19.0 Å². The molecular formula is C16H18ClF3N4O4. The van der Waals surface area contributed by atoms with Gasteiger partial charge in [-0.15, -0.1) is 0 Å². The van der Waals surface area contributed by atoms with Gasteiger partial charge in [-0.2, -0.15) is 13.2 Å². The summed E-state index contributed by atoms with van der Waals surface area (Å²) in [6.07, 6.45) is -2.40. The van der Waals surface area contributed by atoms with Gasteiger partial charge in [0.25, 0.3) is 0 Å². The smallest absolute Gasteiger partial charge is 0.475 e. The van der Waals surface area contributed by atoms with Crippen molar-refractivity contribution in [2.24, 2.45) is 0 Å². The number of carboxylic acids is 1. The van der Waals surface area contributed by atoms with Gasteiger partial charge in [0.05, 0.1) is 5.02 Å². The molecule has 2 saturated heterocycles. The Balaban J connectivity index is 0.000000345. The van der Waals surface area contributed by atoms with Crippen LogP contribution in [0.15, 0.2) is 18.3 Å². The number of aliphatic carboxylic acids is 1. The predicted octanol–water partition coefficient (Wildman–Crippen LogP) is 1.30. The molecule has 2 fully saturated rings. The Kier molecular flexibility index (Phi) is 7.05. The highest BCUT2D eigenvalue weighted by atomic mass is 35.5. The number of alkyl halides is 3. The minimum Gasteiger partial charge on any atom is -0.475 e. The van der Waals surface area contributed by atoms with Crippen molar-refractivity contribution in [3.63, 3.8) is 0 Å². The third kappa shape index (κ3) is 5.98. The van der Waals surface area contributed by atoms with Crippen LogP contribution < -0.4 is 10.2 Å². The molecule has 0 aromatic carbocycles. The van der Waals surface area contributed by atoms with Crippen molar-refractivity contribution >= 4 is 35.2 Å². The van der Waals surface area contributed by atoms with E-state index < -0.39 is 12.1 Å². The average molecular weight is 423 g/mol. The number of carboxylic acid groups (broad SMARTS) is 1. The van der Waals surface area contributed by atoms with Crippen LogP contribution in [0.5, 0.6) is 0 Å². The number of anilines is 1. The summed E-state index contributed by atoms with van der Waals surface area (Å²) in [6, 6.07) is 3.37. The Hall–Kier alpha value is -2.56. The number of carbonyl (C=O) groups is 3. The Bertz CT molecular complexity index is 722. The number of hydrogen-bond donors (Lipinski definition) is 2. The molecule has 0 radical (unpaired) electrons. The highest BCUT2D eigenvalue weighted by molar-refractivity contribution is 6.30. The molecule has 8 nitrogen and oxygen atoms in total. The van der Waals surface area contributed by atoms with E-state index in [4.69, 9.17) is 21.5 Å². The lowest BCUT2D eigenvalue weighted by molar-refractivity contribution is -0.192. The highest BCUT2D eigenvalue weighted by Gasteiger charge is 2.38. The first-order valence-corrected chi connectivity index (χ1v) is 8.70. The molecule has 2 amide bonds. The number of pyridine rings is 1. The average Bonchev–Trinajstić information content (AvgIpc) is 3.08. The maximum absolute atomic E-state index is 12.3. The minimum absolute atomic E-state index is 0.0302. The topological polar surface area (TPSA) is 103 Å². The summed E-state index contributed by atoms with van der Waals surface area (Å²) in [5, 5.41) is 10.5. The first-order chi connectivity index (χ1) is 13.1. The minimum atomic E-state index is -5.08. The summed E-state index contributed by atoms with van der Waals surface area (Å²) in [4.78, 5) is 40.6. The van der Waals surface area contributed by atoms with Crippen molar-refractivity contribution < 1.29 is 32.7 Å². The van der Waals surface area contributed by atoms with Crippen LogP contribution in [0, 0.1) is 0 Å². The fourth-order valence-corrected chi connectivity index (χ4v) is 2.84. The molecule has 1 aromatic heterocycles. The zero-order chi connectivity index (χ0) is 20.9. The second kappa shape index (κ2) is 9.09. The summed E-state index contributed by atoms with van der Waals surface area (Å²) < 4.78 is 31.7. The number of carbonyl (C=O) groups excluding carboxylic acids is 2. The van der Waals surface area contributed by atoms with Gasteiger partial charge in [-0.3, -0.25) is 9.59 Å². The van der Waals surface area contributed by atoms with Crippen molar-refractivity contribution in [3.05, 3.63) is 23.4 Å². The van der Waals surface area contributed by atoms with E-state index in [0.717, 1.165) is 18.9 Å². The van der Waals surface area contributed by atoms with E-state index in [2.05, 4.69) is 15.2 Å². The fraction of sp³-hybridized carbons (Fsp3) is 0.500. The normalized spacial score (nSPS) is 19.6. The van der Waals surface area contributed by atoms with Crippen molar-refractivity contribution in [1.82, 2.24) is 15.2 Å². The van der Waals surface area contributed by atoms with Crippen molar-refractivity contribution in [2.75, 3.05) is 31.1 Å².